The molecule has 0 bridgehead atoms. The van der Waals surface area contributed by atoms with Gasteiger partial charge < -0.3 is 15.1 Å². The Morgan fingerprint density at radius 2 is 1.55 bits per heavy atom. The van der Waals surface area contributed by atoms with E-state index in [2.05, 4.69) is 5.32 Å². The molecule has 0 radical (unpaired) electrons. The maximum atomic E-state index is 12.1. The lowest BCUT2D eigenvalue weighted by atomic mass is 10.3. The number of urea groups is 1. The number of hydrogen-bond donors (Lipinski definition) is 2. The Morgan fingerprint density at radius 3 is 2.00 bits per heavy atom. The van der Waals surface area contributed by atoms with Crippen molar-refractivity contribution in [2.75, 3.05) is 31.5 Å². The molecular weight excluding hydrogens is 308 g/mol. The average Bonchev–Trinajstić information content (AvgIpc) is 2.47. The molecule has 0 aliphatic carbocycles. The van der Waals surface area contributed by atoms with E-state index >= 15 is 0 Å². The molecule has 1 fully saturated rings. The summed E-state index contributed by atoms with van der Waals surface area (Å²) in [7, 11) is -3.74. The van der Waals surface area contributed by atoms with Crippen LogP contribution in [0.4, 0.5) is 10.5 Å². The molecule has 1 aromatic carbocycles. The number of rotatable bonds is 2. The summed E-state index contributed by atoms with van der Waals surface area (Å²) in [5.74, 6) is -0.00126. The van der Waals surface area contributed by atoms with Gasteiger partial charge in [-0.15, -0.1) is 0 Å². The maximum absolute atomic E-state index is 12.1. The quantitative estimate of drug-likeness (QED) is 0.798. The summed E-state index contributed by atoms with van der Waals surface area (Å²) in [5, 5.41) is 7.69. The molecule has 0 atom stereocenters. The van der Waals surface area contributed by atoms with E-state index in [1.807, 2.05) is 0 Å². The van der Waals surface area contributed by atoms with Gasteiger partial charge in [-0.05, 0) is 24.3 Å². The molecule has 8 nitrogen and oxygen atoms in total. The fraction of sp³-hybridized carbons (Fsp3) is 0.385. The number of primary sulfonamides is 1. The number of carbonyl (C=O) groups is 2. The third-order valence-corrected chi connectivity index (χ3v) is 4.38. The van der Waals surface area contributed by atoms with Crippen molar-refractivity contribution in [2.45, 2.75) is 11.8 Å². The predicted molar refractivity (Wildman–Crippen MR) is 80.7 cm³/mol. The fourth-order valence-corrected chi connectivity index (χ4v) is 2.67. The van der Waals surface area contributed by atoms with Gasteiger partial charge in [-0.25, -0.2) is 18.4 Å². The molecule has 0 unspecified atom stereocenters. The summed E-state index contributed by atoms with van der Waals surface area (Å²) in [4.78, 5) is 26.6. The molecule has 0 aromatic heterocycles. The number of nitrogens with two attached hydrogens (primary N) is 1. The first kappa shape index (κ1) is 16.2. The maximum Gasteiger partial charge on any atom is 0.321 e. The Morgan fingerprint density at radius 1 is 1.05 bits per heavy atom. The highest BCUT2D eigenvalue weighted by molar-refractivity contribution is 7.89. The second-order valence-corrected chi connectivity index (χ2v) is 6.55. The van der Waals surface area contributed by atoms with Crippen LogP contribution in [0.1, 0.15) is 6.92 Å². The van der Waals surface area contributed by atoms with E-state index < -0.39 is 10.0 Å². The average molecular weight is 326 g/mol. The predicted octanol–water partition coefficient (Wildman–Crippen LogP) is 0.0300. The zero-order valence-electron chi connectivity index (χ0n) is 12.2. The molecule has 3 N–H and O–H groups in total. The third kappa shape index (κ3) is 3.95. The van der Waals surface area contributed by atoms with Crippen LogP contribution in [0.25, 0.3) is 0 Å². The van der Waals surface area contributed by atoms with Gasteiger partial charge in [0.25, 0.3) is 0 Å². The topological polar surface area (TPSA) is 113 Å². The van der Waals surface area contributed by atoms with Crippen LogP contribution >= 0.6 is 0 Å². The van der Waals surface area contributed by atoms with E-state index in [-0.39, 0.29) is 16.8 Å². The molecule has 1 aliphatic rings. The summed E-state index contributed by atoms with van der Waals surface area (Å²) < 4.78 is 22.3. The van der Waals surface area contributed by atoms with Gasteiger partial charge in [-0.2, -0.15) is 0 Å². The van der Waals surface area contributed by atoms with Crippen molar-refractivity contribution in [3.63, 3.8) is 0 Å². The lowest BCUT2D eigenvalue weighted by Gasteiger charge is -2.34. The minimum Gasteiger partial charge on any atom is -0.339 e. The molecule has 22 heavy (non-hydrogen) atoms. The molecular formula is C13H18N4O4S. The number of benzene rings is 1. The van der Waals surface area contributed by atoms with Crippen LogP contribution in [-0.4, -0.2) is 56.3 Å². The summed E-state index contributed by atoms with van der Waals surface area (Å²) in [6, 6.07) is 5.33. The largest absolute Gasteiger partial charge is 0.339 e. The first-order chi connectivity index (χ1) is 10.3. The van der Waals surface area contributed by atoms with Crippen LogP contribution < -0.4 is 10.5 Å². The van der Waals surface area contributed by atoms with Crippen LogP contribution in [-0.2, 0) is 14.8 Å². The molecule has 120 valence electrons. The number of nitrogens with one attached hydrogen (secondary N) is 1. The Labute approximate surface area is 128 Å². The zero-order valence-corrected chi connectivity index (χ0v) is 13.0. The van der Waals surface area contributed by atoms with Crippen molar-refractivity contribution in [3.8, 4) is 0 Å². The van der Waals surface area contributed by atoms with Crippen molar-refractivity contribution < 1.29 is 18.0 Å². The standard InChI is InChI=1S/C13H18N4O4S/c1-10(18)16-6-8-17(9-7-16)13(19)15-11-2-4-12(5-3-11)22(14,20)21/h2-5H,6-9H2,1H3,(H,15,19)(H2,14,20,21). The molecule has 1 aliphatic heterocycles. The molecule has 1 heterocycles. The molecule has 9 heteroatoms. The second-order valence-electron chi connectivity index (χ2n) is 4.99. The monoisotopic (exact) mass is 326 g/mol. The van der Waals surface area contributed by atoms with Crippen molar-refractivity contribution in [3.05, 3.63) is 24.3 Å². The van der Waals surface area contributed by atoms with E-state index in [9.17, 15) is 18.0 Å². The Balaban J connectivity index is 1.94. The van der Waals surface area contributed by atoms with E-state index in [1.54, 1.807) is 9.80 Å². The molecule has 1 saturated heterocycles. The number of nitrogens with zero attached hydrogens (tertiary/aromatic N) is 2. The van der Waals surface area contributed by atoms with Crippen LogP contribution in [0, 0.1) is 0 Å². The van der Waals surface area contributed by atoms with Gasteiger partial charge in [-0.3, -0.25) is 4.79 Å². The van der Waals surface area contributed by atoms with Crippen molar-refractivity contribution in [2.24, 2.45) is 5.14 Å². The number of anilines is 1. The van der Waals surface area contributed by atoms with Crippen LogP contribution in [0.15, 0.2) is 29.2 Å². The smallest absolute Gasteiger partial charge is 0.321 e. The number of sulfonamides is 1. The Hall–Kier alpha value is -2.13. The summed E-state index contributed by atoms with van der Waals surface area (Å²) in [5.41, 5.74) is 0.478. The highest BCUT2D eigenvalue weighted by Crippen LogP contribution is 2.14. The van der Waals surface area contributed by atoms with Crippen molar-refractivity contribution in [1.29, 1.82) is 0 Å². The van der Waals surface area contributed by atoms with Gasteiger partial charge in [0.05, 0.1) is 4.90 Å². The van der Waals surface area contributed by atoms with Gasteiger partial charge in [0.2, 0.25) is 15.9 Å². The van der Waals surface area contributed by atoms with Gasteiger partial charge in [-0.1, -0.05) is 0 Å². The summed E-state index contributed by atoms with van der Waals surface area (Å²) >= 11 is 0. The highest BCUT2D eigenvalue weighted by Gasteiger charge is 2.22. The van der Waals surface area contributed by atoms with Crippen molar-refractivity contribution in [1.82, 2.24) is 9.80 Å². The molecule has 0 spiro atoms. The molecule has 1 aromatic rings. The normalized spacial score (nSPS) is 15.5. The SMILES string of the molecule is CC(=O)N1CCN(C(=O)Nc2ccc(S(N)(=O)=O)cc2)CC1. The zero-order chi connectivity index (χ0) is 16.3. The number of piperazine rings is 1. The highest BCUT2D eigenvalue weighted by atomic mass is 32.2. The van der Waals surface area contributed by atoms with Gasteiger partial charge in [0.1, 0.15) is 0 Å². The van der Waals surface area contributed by atoms with Gasteiger partial charge >= 0.3 is 6.03 Å². The second kappa shape index (κ2) is 6.32. The number of amides is 3. The van der Waals surface area contributed by atoms with E-state index in [0.29, 0.717) is 31.9 Å². The van der Waals surface area contributed by atoms with Gasteiger partial charge in [0, 0.05) is 38.8 Å². The minimum absolute atomic E-state index is 0.00126. The van der Waals surface area contributed by atoms with Crippen molar-refractivity contribution >= 4 is 27.6 Å². The Bertz CT molecular complexity index is 664. The number of hydrogen-bond acceptors (Lipinski definition) is 4. The molecule has 0 saturated carbocycles. The summed E-state index contributed by atoms with van der Waals surface area (Å²) in [6.45, 7) is 3.43. The first-order valence-corrected chi connectivity index (χ1v) is 8.26. The minimum atomic E-state index is -3.74. The third-order valence-electron chi connectivity index (χ3n) is 3.45. The number of carbonyl (C=O) groups excluding carboxylic acids is 2. The van der Waals surface area contributed by atoms with Crippen LogP contribution in [0.3, 0.4) is 0 Å². The van der Waals surface area contributed by atoms with Crippen LogP contribution in [0.2, 0.25) is 0 Å². The van der Waals surface area contributed by atoms with Crippen LogP contribution in [0.5, 0.6) is 0 Å². The molecule has 3 amide bonds. The van der Waals surface area contributed by atoms with E-state index in [1.165, 1.54) is 31.2 Å². The Kier molecular flexibility index (Phi) is 4.67. The first-order valence-electron chi connectivity index (χ1n) is 6.71. The lowest BCUT2D eigenvalue weighted by Crippen LogP contribution is -2.51. The van der Waals surface area contributed by atoms with E-state index in [4.69, 9.17) is 5.14 Å². The molecule has 2 rings (SSSR count). The van der Waals surface area contributed by atoms with E-state index in [0.717, 1.165) is 0 Å². The van der Waals surface area contributed by atoms with Gasteiger partial charge in [0.15, 0.2) is 0 Å². The summed E-state index contributed by atoms with van der Waals surface area (Å²) in [6.07, 6.45) is 0. The lowest BCUT2D eigenvalue weighted by molar-refractivity contribution is -0.130. The fourth-order valence-electron chi connectivity index (χ4n) is 2.15.